The molecule has 0 atom stereocenters. The quantitative estimate of drug-likeness (QED) is 0.927. The van der Waals surface area contributed by atoms with Gasteiger partial charge in [0.2, 0.25) is 0 Å². The van der Waals surface area contributed by atoms with E-state index in [2.05, 4.69) is 5.10 Å². The van der Waals surface area contributed by atoms with Crippen LogP contribution in [0.15, 0.2) is 36.5 Å². The number of halogens is 3. The fourth-order valence-electron chi connectivity index (χ4n) is 2.57. The molecule has 24 heavy (non-hydrogen) atoms. The fourth-order valence-corrected chi connectivity index (χ4v) is 2.57. The van der Waals surface area contributed by atoms with E-state index in [9.17, 15) is 18.0 Å². The van der Waals surface area contributed by atoms with Crippen molar-refractivity contribution < 1.29 is 23.1 Å². The molecule has 2 aromatic rings. The molecular formula is C16H16F3N3O2. The Kier molecular flexibility index (Phi) is 4.31. The number of aliphatic hydroxyl groups excluding tert-OH is 1. The van der Waals surface area contributed by atoms with Crippen LogP contribution in [-0.2, 0) is 12.7 Å². The number of rotatable bonds is 4. The van der Waals surface area contributed by atoms with Gasteiger partial charge in [-0.15, -0.1) is 0 Å². The van der Waals surface area contributed by atoms with Crippen LogP contribution < -0.4 is 0 Å². The predicted molar refractivity (Wildman–Crippen MR) is 79.3 cm³/mol. The first kappa shape index (κ1) is 16.5. The van der Waals surface area contributed by atoms with Gasteiger partial charge in [0.15, 0.2) is 5.69 Å². The summed E-state index contributed by atoms with van der Waals surface area (Å²) < 4.78 is 38.8. The number of nitrogens with zero attached hydrogens (tertiary/aromatic N) is 3. The number of aromatic nitrogens is 2. The number of alkyl halides is 3. The molecule has 1 saturated heterocycles. The number of aliphatic hydroxyl groups is 1. The number of hydrogen-bond acceptors (Lipinski definition) is 3. The number of hydrogen-bond donors (Lipinski definition) is 1. The van der Waals surface area contributed by atoms with Crippen LogP contribution >= 0.6 is 0 Å². The summed E-state index contributed by atoms with van der Waals surface area (Å²) in [6.07, 6.45) is -3.18. The van der Waals surface area contributed by atoms with Gasteiger partial charge in [-0.2, -0.15) is 18.3 Å². The van der Waals surface area contributed by atoms with E-state index in [1.165, 1.54) is 10.9 Å². The Hall–Kier alpha value is -2.35. The summed E-state index contributed by atoms with van der Waals surface area (Å²) in [6.45, 7) is 1.36. The van der Waals surface area contributed by atoms with Crippen LogP contribution in [0.4, 0.5) is 13.2 Å². The van der Waals surface area contributed by atoms with E-state index in [0.29, 0.717) is 18.7 Å². The molecule has 1 fully saturated rings. The maximum Gasteiger partial charge on any atom is 0.435 e. The maximum absolute atomic E-state index is 12.5. The van der Waals surface area contributed by atoms with Crippen molar-refractivity contribution in [1.82, 2.24) is 14.7 Å². The highest BCUT2D eigenvalue weighted by Crippen LogP contribution is 2.27. The molecule has 0 radical (unpaired) electrons. The van der Waals surface area contributed by atoms with Gasteiger partial charge < -0.3 is 10.0 Å². The van der Waals surface area contributed by atoms with Gasteiger partial charge in [0.25, 0.3) is 5.91 Å². The molecule has 0 unspecified atom stereocenters. The molecule has 5 nitrogen and oxygen atoms in total. The van der Waals surface area contributed by atoms with E-state index in [0.717, 1.165) is 11.6 Å². The van der Waals surface area contributed by atoms with Crippen molar-refractivity contribution in [2.45, 2.75) is 12.7 Å². The second kappa shape index (κ2) is 6.27. The van der Waals surface area contributed by atoms with Gasteiger partial charge in [-0.1, -0.05) is 12.1 Å². The fraction of sp³-hybridized carbons (Fsp3) is 0.375. The molecule has 0 bridgehead atoms. The molecule has 1 amide bonds. The molecule has 1 aliphatic rings. The third-order valence-corrected chi connectivity index (χ3v) is 3.98. The van der Waals surface area contributed by atoms with E-state index in [1.807, 2.05) is 0 Å². The standard InChI is InChI=1S/C16H16F3N3O2/c17-16(18,19)14-5-6-22(20-14)9-11-1-3-13(4-2-11)15(24)21-7-12(8-21)10-23/h1-6,12,23H,7-10H2. The average Bonchev–Trinajstić information content (AvgIpc) is 2.95. The van der Waals surface area contributed by atoms with Gasteiger partial charge in [0.05, 0.1) is 6.54 Å². The molecule has 3 rings (SSSR count). The van der Waals surface area contributed by atoms with Crippen molar-refractivity contribution in [2.24, 2.45) is 5.92 Å². The topological polar surface area (TPSA) is 58.4 Å². The first-order chi connectivity index (χ1) is 11.4. The number of benzene rings is 1. The molecule has 1 aliphatic heterocycles. The normalized spacial score (nSPS) is 15.4. The second-order valence-corrected chi connectivity index (χ2v) is 5.85. The third-order valence-electron chi connectivity index (χ3n) is 3.98. The summed E-state index contributed by atoms with van der Waals surface area (Å²) in [6, 6.07) is 7.63. The molecule has 128 valence electrons. The molecule has 1 aromatic heterocycles. The van der Waals surface area contributed by atoms with Gasteiger partial charge in [-0.05, 0) is 23.8 Å². The zero-order chi connectivity index (χ0) is 17.3. The highest BCUT2D eigenvalue weighted by atomic mass is 19.4. The summed E-state index contributed by atoms with van der Waals surface area (Å²) in [7, 11) is 0. The molecule has 1 N–H and O–H groups in total. The van der Waals surface area contributed by atoms with Crippen LogP contribution in [0.1, 0.15) is 21.6 Å². The zero-order valence-electron chi connectivity index (χ0n) is 12.7. The molecule has 2 heterocycles. The van der Waals surface area contributed by atoms with Crippen molar-refractivity contribution in [3.05, 3.63) is 53.3 Å². The van der Waals surface area contributed by atoms with Crippen LogP contribution in [0.3, 0.4) is 0 Å². The lowest BCUT2D eigenvalue weighted by molar-refractivity contribution is -0.141. The van der Waals surface area contributed by atoms with E-state index in [1.54, 1.807) is 29.2 Å². The first-order valence-electron chi connectivity index (χ1n) is 7.46. The van der Waals surface area contributed by atoms with E-state index in [4.69, 9.17) is 5.11 Å². The van der Waals surface area contributed by atoms with Crippen molar-refractivity contribution in [1.29, 1.82) is 0 Å². The van der Waals surface area contributed by atoms with Gasteiger partial charge >= 0.3 is 6.18 Å². The van der Waals surface area contributed by atoms with Crippen molar-refractivity contribution >= 4 is 5.91 Å². The Labute approximate surface area is 136 Å². The van der Waals surface area contributed by atoms with Crippen LogP contribution in [0.2, 0.25) is 0 Å². The maximum atomic E-state index is 12.5. The monoisotopic (exact) mass is 339 g/mol. The molecule has 0 aliphatic carbocycles. The Balaban J connectivity index is 1.62. The second-order valence-electron chi connectivity index (χ2n) is 5.85. The van der Waals surface area contributed by atoms with E-state index >= 15 is 0 Å². The van der Waals surface area contributed by atoms with Crippen molar-refractivity contribution in [2.75, 3.05) is 19.7 Å². The molecular weight excluding hydrogens is 323 g/mol. The van der Waals surface area contributed by atoms with Crippen molar-refractivity contribution in [3.63, 3.8) is 0 Å². The Morgan fingerprint density at radius 1 is 1.21 bits per heavy atom. The minimum atomic E-state index is -4.45. The van der Waals surface area contributed by atoms with Crippen LogP contribution in [-0.4, -0.2) is 45.4 Å². The van der Waals surface area contributed by atoms with Crippen LogP contribution in [0, 0.1) is 5.92 Å². The van der Waals surface area contributed by atoms with Crippen LogP contribution in [0.25, 0.3) is 0 Å². The van der Waals surface area contributed by atoms with Crippen LogP contribution in [0.5, 0.6) is 0 Å². The van der Waals surface area contributed by atoms with E-state index < -0.39 is 11.9 Å². The number of carbonyl (C=O) groups excluding carboxylic acids is 1. The lowest BCUT2D eigenvalue weighted by Gasteiger charge is -2.38. The van der Waals surface area contributed by atoms with Gasteiger partial charge in [0, 0.05) is 37.4 Å². The Bertz CT molecular complexity index is 719. The smallest absolute Gasteiger partial charge is 0.396 e. The number of likely N-dealkylation sites (tertiary alicyclic amines) is 1. The lowest BCUT2D eigenvalue weighted by Crippen LogP contribution is -2.51. The number of carbonyl (C=O) groups is 1. The number of amides is 1. The van der Waals surface area contributed by atoms with Gasteiger partial charge in [0.1, 0.15) is 0 Å². The lowest BCUT2D eigenvalue weighted by atomic mass is 9.99. The Morgan fingerprint density at radius 3 is 2.42 bits per heavy atom. The highest BCUT2D eigenvalue weighted by Gasteiger charge is 2.33. The molecule has 8 heteroatoms. The third kappa shape index (κ3) is 3.43. The minimum absolute atomic E-state index is 0.0759. The van der Waals surface area contributed by atoms with Gasteiger partial charge in [-0.25, -0.2) is 0 Å². The molecule has 0 saturated carbocycles. The zero-order valence-corrected chi connectivity index (χ0v) is 12.7. The summed E-state index contributed by atoms with van der Waals surface area (Å²) in [5.74, 6) is 0.0422. The average molecular weight is 339 g/mol. The molecule has 0 spiro atoms. The summed E-state index contributed by atoms with van der Waals surface area (Å²) in [5, 5.41) is 12.5. The minimum Gasteiger partial charge on any atom is -0.396 e. The first-order valence-corrected chi connectivity index (χ1v) is 7.46. The van der Waals surface area contributed by atoms with Gasteiger partial charge in [-0.3, -0.25) is 9.48 Å². The van der Waals surface area contributed by atoms with Crippen molar-refractivity contribution in [3.8, 4) is 0 Å². The summed E-state index contributed by atoms with van der Waals surface area (Å²) in [5.41, 5.74) is 0.345. The molecule has 1 aromatic carbocycles. The van der Waals surface area contributed by atoms with E-state index in [-0.39, 0.29) is 25.0 Å². The SMILES string of the molecule is O=C(c1ccc(Cn2ccc(C(F)(F)F)n2)cc1)N1CC(CO)C1. The summed E-state index contributed by atoms with van der Waals surface area (Å²) >= 11 is 0. The highest BCUT2D eigenvalue weighted by molar-refractivity contribution is 5.94. The predicted octanol–water partition coefficient (Wildman–Crippen LogP) is 2.01. The Morgan fingerprint density at radius 2 is 1.88 bits per heavy atom. The largest absolute Gasteiger partial charge is 0.435 e. The summed E-state index contributed by atoms with van der Waals surface area (Å²) in [4.78, 5) is 13.8.